The number of aromatic amines is 1. The van der Waals surface area contributed by atoms with E-state index in [1.807, 2.05) is 0 Å². The van der Waals surface area contributed by atoms with E-state index in [0.29, 0.717) is 12.0 Å². The molecule has 0 saturated heterocycles. The van der Waals surface area contributed by atoms with Crippen LogP contribution in [0.25, 0.3) is 10.9 Å². The molecule has 19 heavy (non-hydrogen) atoms. The van der Waals surface area contributed by atoms with Gasteiger partial charge in [-0.3, -0.25) is 4.90 Å². The zero-order valence-electron chi connectivity index (χ0n) is 12.5. The van der Waals surface area contributed by atoms with Crippen molar-refractivity contribution in [1.29, 1.82) is 0 Å². The first-order valence-corrected chi connectivity index (χ1v) is 7.43. The van der Waals surface area contributed by atoms with Gasteiger partial charge >= 0.3 is 0 Å². The Balaban J connectivity index is 2.01. The van der Waals surface area contributed by atoms with Gasteiger partial charge in [-0.1, -0.05) is 13.8 Å². The maximum Gasteiger partial charge on any atom is 0.0459 e. The van der Waals surface area contributed by atoms with Gasteiger partial charge in [0.15, 0.2) is 0 Å². The smallest absolute Gasteiger partial charge is 0.0459 e. The van der Waals surface area contributed by atoms with Gasteiger partial charge in [0, 0.05) is 30.3 Å². The van der Waals surface area contributed by atoms with Crippen LogP contribution in [0.5, 0.6) is 0 Å². The minimum absolute atomic E-state index is 0.566. The highest BCUT2D eigenvalue weighted by atomic mass is 15.1. The second-order valence-electron chi connectivity index (χ2n) is 6.40. The normalized spacial score (nSPS) is 16.5. The Morgan fingerprint density at radius 1 is 1.05 bits per heavy atom. The van der Waals surface area contributed by atoms with Crippen molar-refractivity contribution in [3.8, 4) is 0 Å². The van der Waals surface area contributed by atoms with Crippen molar-refractivity contribution in [1.82, 2.24) is 9.88 Å². The standard InChI is InChI=1S/C17H24N2/c1-11(2)16-8-14-7-13-5-6-19(12(3)4)10-15(13)9-17(14)18-16/h7-9,11-12,18H,5-6,10H2,1-4H3. The second kappa shape index (κ2) is 4.68. The number of hydrogen-bond donors (Lipinski definition) is 1. The molecule has 1 aromatic heterocycles. The molecule has 2 heteroatoms. The van der Waals surface area contributed by atoms with Crippen LogP contribution in [0.3, 0.4) is 0 Å². The highest BCUT2D eigenvalue weighted by molar-refractivity contribution is 5.82. The van der Waals surface area contributed by atoms with E-state index in [1.54, 1.807) is 5.56 Å². The molecule has 0 radical (unpaired) electrons. The average molecular weight is 256 g/mol. The molecule has 0 saturated carbocycles. The SMILES string of the molecule is CC(C)c1cc2cc3c(cc2[nH]1)CN(C(C)C)CC3. The van der Waals surface area contributed by atoms with E-state index in [-0.39, 0.29) is 0 Å². The molecule has 0 unspecified atom stereocenters. The summed E-state index contributed by atoms with van der Waals surface area (Å²) in [4.78, 5) is 6.13. The van der Waals surface area contributed by atoms with Gasteiger partial charge < -0.3 is 4.98 Å². The maximum atomic E-state index is 3.57. The lowest BCUT2D eigenvalue weighted by atomic mass is 9.97. The van der Waals surface area contributed by atoms with Gasteiger partial charge in [0.25, 0.3) is 0 Å². The largest absolute Gasteiger partial charge is 0.358 e. The Morgan fingerprint density at radius 3 is 2.53 bits per heavy atom. The van der Waals surface area contributed by atoms with Crippen LogP contribution in [0.2, 0.25) is 0 Å². The van der Waals surface area contributed by atoms with E-state index in [1.165, 1.54) is 35.1 Å². The summed E-state index contributed by atoms with van der Waals surface area (Å²) >= 11 is 0. The number of fused-ring (bicyclic) bond motifs is 2. The number of rotatable bonds is 2. The second-order valence-corrected chi connectivity index (χ2v) is 6.40. The number of H-pyrrole nitrogens is 1. The fourth-order valence-corrected chi connectivity index (χ4v) is 2.99. The molecule has 0 amide bonds. The molecular weight excluding hydrogens is 232 g/mol. The average Bonchev–Trinajstić information content (AvgIpc) is 2.78. The highest BCUT2D eigenvalue weighted by Gasteiger charge is 2.19. The lowest BCUT2D eigenvalue weighted by Gasteiger charge is -2.31. The van der Waals surface area contributed by atoms with Crippen molar-refractivity contribution >= 4 is 10.9 Å². The monoisotopic (exact) mass is 256 g/mol. The highest BCUT2D eigenvalue weighted by Crippen LogP contribution is 2.28. The number of aromatic nitrogens is 1. The van der Waals surface area contributed by atoms with Crippen molar-refractivity contribution in [2.45, 2.75) is 52.6 Å². The molecule has 0 bridgehead atoms. The Kier molecular flexibility index (Phi) is 3.14. The fraction of sp³-hybridized carbons (Fsp3) is 0.529. The summed E-state index contributed by atoms with van der Waals surface area (Å²) in [5.74, 6) is 0.566. The van der Waals surface area contributed by atoms with Crippen LogP contribution >= 0.6 is 0 Å². The van der Waals surface area contributed by atoms with E-state index in [9.17, 15) is 0 Å². The summed E-state index contributed by atoms with van der Waals surface area (Å²) in [7, 11) is 0. The number of hydrogen-bond acceptors (Lipinski definition) is 1. The fourth-order valence-electron chi connectivity index (χ4n) is 2.99. The van der Waals surface area contributed by atoms with Crippen LogP contribution in [0.1, 0.15) is 50.4 Å². The van der Waals surface area contributed by atoms with E-state index in [4.69, 9.17) is 0 Å². The van der Waals surface area contributed by atoms with Gasteiger partial charge in [0.2, 0.25) is 0 Å². The molecule has 0 spiro atoms. The van der Waals surface area contributed by atoms with E-state index >= 15 is 0 Å². The van der Waals surface area contributed by atoms with E-state index in [0.717, 1.165) is 6.54 Å². The van der Waals surface area contributed by atoms with E-state index in [2.05, 4.69) is 55.8 Å². The van der Waals surface area contributed by atoms with Gasteiger partial charge in [0.1, 0.15) is 0 Å². The van der Waals surface area contributed by atoms with Crippen molar-refractivity contribution in [3.05, 3.63) is 35.0 Å². The predicted molar refractivity (Wildman–Crippen MR) is 81.6 cm³/mol. The summed E-state index contributed by atoms with van der Waals surface area (Å²) in [5, 5.41) is 1.38. The van der Waals surface area contributed by atoms with Crippen LogP contribution in [-0.4, -0.2) is 22.5 Å². The molecule has 1 N–H and O–H groups in total. The molecule has 2 aromatic rings. The molecule has 2 heterocycles. The zero-order chi connectivity index (χ0) is 13.6. The summed E-state index contributed by atoms with van der Waals surface area (Å²) in [5.41, 5.74) is 5.69. The third-order valence-corrected chi connectivity index (χ3v) is 4.36. The predicted octanol–water partition coefficient (Wildman–Crippen LogP) is 4.06. The van der Waals surface area contributed by atoms with Gasteiger partial charge in [-0.15, -0.1) is 0 Å². The van der Waals surface area contributed by atoms with Crippen molar-refractivity contribution < 1.29 is 0 Å². The molecule has 1 aliphatic rings. The molecule has 0 atom stereocenters. The van der Waals surface area contributed by atoms with Crippen LogP contribution in [0, 0.1) is 0 Å². The zero-order valence-corrected chi connectivity index (χ0v) is 12.5. The molecule has 2 nitrogen and oxygen atoms in total. The Morgan fingerprint density at radius 2 is 1.84 bits per heavy atom. The quantitative estimate of drug-likeness (QED) is 0.858. The Hall–Kier alpha value is -1.28. The Bertz CT molecular complexity index is 593. The van der Waals surface area contributed by atoms with E-state index < -0.39 is 0 Å². The molecule has 0 aliphatic carbocycles. The summed E-state index contributed by atoms with van der Waals surface area (Å²) in [6.45, 7) is 11.3. The molecule has 0 fully saturated rings. The summed E-state index contributed by atoms with van der Waals surface area (Å²) in [6.07, 6.45) is 1.19. The van der Waals surface area contributed by atoms with Gasteiger partial charge in [-0.05, 0) is 60.9 Å². The minimum atomic E-state index is 0.566. The molecule has 3 rings (SSSR count). The summed E-state index contributed by atoms with van der Waals surface area (Å²) < 4.78 is 0. The van der Waals surface area contributed by atoms with Crippen molar-refractivity contribution in [3.63, 3.8) is 0 Å². The van der Waals surface area contributed by atoms with Crippen molar-refractivity contribution in [2.24, 2.45) is 0 Å². The van der Waals surface area contributed by atoms with Crippen molar-refractivity contribution in [2.75, 3.05) is 6.54 Å². The molecule has 1 aromatic carbocycles. The summed E-state index contributed by atoms with van der Waals surface area (Å²) in [6, 6.07) is 7.71. The Labute approximate surface area is 115 Å². The molecule has 1 aliphatic heterocycles. The van der Waals surface area contributed by atoms with Crippen LogP contribution in [0.4, 0.5) is 0 Å². The molecule has 102 valence electrons. The lowest BCUT2D eigenvalue weighted by molar-refractivity contribution is 0.203. The number of nitrogens with one attached hydrogen (secondary N) is 1. The third-order valence-electron chi connectivity index (χ3n) is 4.36. The lowest BCUT2D eigenvalue weighted by Crippen LogP contribution is -2.35. The first-order chi connectivity index (χ1) is 9.04. The van der Waals surface area contributed by atoms with Crippen LogP contribution in [0.15, 0.2) is 18.2 Å². The number of benzene rings is 1. The third kappa shape index (κ3) is 2.30. The minimum Gasteiger partial charge on any atom is -0.358 e. The van der Waals surface area contributed by atoms with Gasteiger partial charge in [0.05, 0.1) is 0 Å². The van der Waals surface area contributed by atoms with Gasteiger partial charge in [-0.2, -0.15) is 0 Å². The topological polar surface area (TPSA) is 19.0 Å². The number of nitrogens with zero attached hydrogens (tertiary/aromatic N) is 1. The first kappa shape index (κ1) is 12.7. The van der Waals surface area contributed by atoms with Crippen LogP contribution < -0.4 is 0 Å². The first-order valence-electron chi connectivity index (χ1n) is 7.43. The molecular formula is C17H24N2. The maximum absolute atomic E-state index is 3.57. The van der Waals surface area contributed by atoms with Gasteiger partial charge in [-0.25, -0.2) is 0 Å². The van der Waals surface area contributed by atoms with Crippen LogP contribution in [-0.2, 0) is 13.0 Å².